The van der Waals surface area contributed by atoms with Gasteiger partial charge < -0.3 is 14.6 Å². The number of furan rings is 1. The Morgan fingerprint density at radius 1 is 0.962 bits per heavy atom. The highest BCUT2D eigenvalue weighted by molar-refractivity contribution is 6.02. The zero-order valence-corrected chi connectivity index (χ0v) is 14.4. The number of likely N-dealkylation sites (tertiary alicyclic amines) is 1. The van der Waals surface area contributed by atoms with Gasteiger partial charge in [0.25, 0.3) is 5.91 Å². The van der Waals surface area contributed by atoms with Crippen molar-refractivity contribution in [2.75, 3.05) is 18.4 Å². The standard InChI is InChI=1S/C21H20N2O3/c24-20(22-18-8-3-6-15-5-1-2-7-17(15)18)16-10-12-23(13-11-16)21(25)19-9-4-14-26-19/h1-9,14,16H,10-13H2,(H,22,24). The van der Waals surface area contributed by atoms with Gasteiger partial charge in [0.1, 0.15) is 0 Å². The van der Waals surface area contributed by atoms with Crippen molar-refractivity contribution in [2.45, 2.75) is 12.8 Å². The number of benzene rings is 2. The van der Waals surface area contributed by atoms with Crippen LogP contribution in [0.3, 0.4) is 0 Å². The highest BCUT2D eigenvalue weighted by Crippen LogP contribution is 2.25. The molecule has 1 aromatic heterocycles. The van der Waals surface area contributed by atoms with Crippen LogP contribution in [-0.4, -0.2) is 29.8 Å². The monoisotopic (exact) mass is 348 g/mol. The average molecular weight is 348 g/mol. The fourth-order valence-electron chi connectivity index (χ4n) is 3.47. The van der Waals surface area contributed by atoms with Crippen LogP contribution in [0, 0.1) is 5.92 Å². The summed E-state index contributed by atoms with van der Waals surface area (Å²) in [5.74, 6) is 0.174. The number of rotatable bonds is 3. The molecule has 5 heteroatoms. The lowest BCUT2D eigenvalue weighted by Crippen LogP contribution is -2.41. The number of amides is 2. The second-order valence-electron chi connectivity index (χ2n) is 6.56. The zero-order chi connectivity index (χ0) is 17.9. The average Bonchev–Trinajstić information content (AvgIpc) is 3.23. The summed E-state index contributed by atoms with van der Waals surface area (Å²) < 4.78 is 5.17. The third-order valence-corrected chi connectivity index (χ3v) is 4.93. The Hall–Kier alpha value is -3.08. The molecule has 0 aliphatic carbocycles. The largest absolute Gasteiger partial charge is 0.459 e. The molecule has 1 N–H and O–H groups in total. The molecule has 1 saturated heterocycles. The molecule has 2 aromatic carbocycles. The topological polar surface area (TPSA) is 62.6 Å². The van der Waals surface area contributed by atoms with Crippen LogP contribution in [-0.2, 0) is 4.79 Å². The number of piperidine rings is 1. The summed E-state index contributed by atoms with van der Waals surface area (Å²) in [6, 6.07) is 17.3. The molecule has 0 atom stereocenters. The Morgan fingerprint density at radius 3 is 2.50 bits per heavy atom. The molecule has 0 radical (unpaired) electrons. The Bertz CT molecular complexity index is 920. The van der Waals surface area contributed by atoms with Crippen molar-refractivity contribution in [3.63, 3.8) is 0 Å². The van der Waals surface area contributed by atoms with Crippen molar-refractivity contribution < 1.29 is 14.0 Å². The van der Waals surface area contributed by atoms with Crippen LogP contribution in [0.5, 0.6) is 0 Å². The second kappa shape index (κ2) is 7.04. The van der Waals surface area contributed by atoms with Gasteiger partial charge in [0.15, 0.2) is 5.76 Å². The summed E-state index contributed by atoms with van der Waals surface area (Å²) in [6.07, 6.45) is 2.81. The van der Waals surface area contributed by atoms with Crippen LogP contribution < -0.4 is 5.32 Å². The Kier molecular flexibility index (Phi) is 4.44. The van der Waals surface area contributed by atoms with Crippen LogP contribution in [0.1, 0.15) is 23.4 Å². The van der Waals surface area contributed by atoms with Crippen molar-refractivity contribution in [2.24, 2.45) is 5.92 Å². The first-order valence-corrected chi connectivity index (χ1v) is 8.84. The Balaban J connectivity index is 1.40. The van der Waals surface area contributed by atoms with Gasteiger partial charge in [-0.2, -0.15) is 0 Å². The van der Waals surface area contributed by atoms with E-state index in [0.29, 0.717) is 31.7 Å². The number of hydrogen-bond acceptors (Lipinski definition) is 3. The smallest absolute Gasteiger partial charge is 0.289 e. The number of nitrogens with one attached hydrogen (secondary N) is 1. The van der Waals surface area contributed by atoms with Crippen molar-refractivity contribution in [3.8, 4) is 0 Å². The molecule has 132 valence electrons. The van der Waals surface area contributed by atoms with E-state index < -0.39 is 0 Å². The fraction of sp³-hybridized carbons (Fsp3) is 0.238. The van der Waals surface area contributed by atoms with E-state index in [1.54, 1.807) is 17.0 Å². The van der Waals surface area contributed by atoms with Crippen molar-refractivity contribution in [3.05, 3.63) is 66.6 Å². The minimum absolute atomic E-state index is 0.0199. The second-order valence-corrected chi connectivity index (χ2v) is 6.56. The van der Waals surface area contributed by atoms with Gasteiger partial charge in [0.05, 0.1) is 6.26 Å². The summed E-state index contributed by atoms with van der Waals surface area (Å²) in [4.78, 5) is 26.7. The molecule has 1 aliphatic rings. The Morgan fingerprint density at radius 2 is 1.73 bits per heavy atom. The van der Waals surface area contributed by atoms with E-state index in [2.05, 4.69) is 5.32 Å². The van der Waals surface area contributed by atoms with E-state index in [-0.39, 0.29) is 17.7 Å². The number of anilines is 1. The molecule has 1 fully saturated rings. The number of fused-ring (bicyclic) bond motifs is 1. The quantitative estimate of drug-likeness (QED) is 0.780. The molecule has 0 unspecified atom stereocenters. The molecular formula is C21H20N2O3. The Labute approximate surface area is 151 Å². The molecule has 0 bridgehead atoms. The summed E-state index contributed by atoms with van der Waals surface area (Å²) in [7, 11) is 0. The molecule has 0 spiro atoms. The third-order valence-electron chi connectivity index (χ3n) is 4.93. The molecule has 3 aromatic rings. The first kappa shape index (κ1) is 16.4. The number of carbonyl (C=O) groups is 2. The van der Waals surface area contributed by atoms with E-state index >= 15 is 0 Å². The van der Waals surface area contributed by atoms with Crippen LogP contribution in [0.4, 0.5) is 5.69 Å². The fourth-order valence-corrected chi connectivity index (χ4v) is 3.47. The van der Waals surface area contributed by atoms with Crippen LogP contribution >= 0.6 is 0 Å². The first-order chi connectivity index (χ1) is 12.7. The molecule has 5 nitrogen and oxygen atoms in total. The normalized spacial score (nSPS) is 15.2. The SMILES string of the molecule is O=C(Nc1cccc2ccccc12)C1CCN(C(=O)c2ccco2)CC1. The van der Waals surface area contributed by atoms with Crippen LogP contribution in [0.25, 0.3) is 10.8 Å². The number of nitrogens with zero attached hydrogens (tertiary/aromatic N) is 1. The van der Waals surface area contributed by atoms with E-state index in [4.69, 9.17) is 4.42 Å². The number of carbonyl (C=O) groups excluding carboxylic acids is 2. The van der Waals surface area contributed by atoms with Gasteiger partial charge in [-0.25, -0.2) is 0 Å². The lowest BCUT2D eigenvalue weighted by molar-refractivity contribution is -0.121. The first-order valence-electron chi connectivity index (χ1n) is 8.84. The molecule has 4 rings (SSSR count). The minimum atomic E-state index is -0.108. The number of hydrogen-bond donors (Lipinski definition) is 1. The molecular weight excluding hydrogens is 328 g/mol. The third kappa shape index (κ3) is 3.20. The van der Waals surface area contributed by atoms with Gasteiger partial charge in [-0.05, 0) is 36.4 Å². The van der Waals surface area contributed by atoms with E-state index in [1.807, 2.05) is 42.5 Å². The maximum absolute atomic E-state index is 12.7. The van der Waals surface area contributed by atoms with Gasteiger partial charge in [-0.3, -0.25) is 9.59 Å². The van der Waals surface area contributed by atoms with E-state index in [9.17, 15) is 9.59 Å². The predicted octanol–water partition coefficient (Wildman–Crippen LogP) is 3.92. The van der Waals surface area contributed by atoms with Gasteiger partial charge >= 0.3 is 0 Å². The van der Waals surface area contributed by atoms with Crippen molar-refractivity contribution in [1.82, 2.24) is 4.90 Å². The highest BCUT2D eigenvalue weighted by Gasteiger charge is 2.28. The summed E-state index contributed by atoms with van der Waals surface area (Å²) >= 11 is 0. The summed E-state index contributed by atoms with van der Waals surface area (Å²) in [5, 5.41) is 5.20. The van der Waals surface area contributed by atoms with E-state index in [0.717, 1.165) is 16.5 Å². The lowest BCUT2D eigenvalue weighted by Gasteiger charge is -2.30. The molecule has 26 heavy (non-hydrogen) atoms. The summed E-state index contributed by atoms with van der Waals surface area (Å²) in [6.45, 7) is 1.13. The highest BCUT2D eigenvalue weighted by atomic mass is 16.3. The predicted molar refractivity (Wildman–Crippen MR) is 99.9 cm³/mol. The molecule has 2 heterocycles. The molecule has 0 saturated carbocycles. The van der Waals surface area contributed by atoms with Gasteiger partial charge in [0.2, 0.25) is 5.91 Å². The maximum atomic E-state index is 12.7. The van der Waals surface area contributed by atoms with E-state index in [1.165, 1.54) is 6.26 Å². The summed E-state index contributed by atoms with van der Waals surface area (Å²) in [5.41, 5.74) is 0.835. The van der Waals surface area contributed by atoms with Crippen LogP contribution in [0.15, 0.2) is 65.3 Å². The zero-order valence-electron chi connectivity index (χ0n) is 14.4. The van der Waals surface area contributed by atoms with Gasteiger partial charge in [-0.15, -0.1) is 0 Å². The van der Waals surface area contributed by atoms with Gasteiger partial charge in [0, 0.05) is 30.1 Å². The van der Waals surface area contributed by atoms with Crippen molar-refractivity contribution in [1.29, 1.82) is 0 Å². The molecule has 2 amide bonds. The van der Waals surface area contributed by atoms with Gasteiger partial charge in [-0.1, -0.05) is 36.4 Å². The minimum Gasteiger partial charge on any atom is -0.459 e. The lowest BCUT2D eigenvalue weighted by atomic mass is 9.95. The van der Waals surface area contributed by atoms with Crippen molar-refractivity contribution >= 4 is 28.3 Å². The maximum Gasteiger partial charge on any atom is 0.289 e. The van der Waals surface area contributed by atoms with Crippen LogP contribution in [0.2, 0.25) is 0 Å². The molecule has 1 aliphatic heterocycles.